The number of esters is 1. The molecule has 162 valence electrons. The maximum atomic E-state index is 12.5. The zero-order valence-electron chi connectivity index (χ0n) is 18.1. The number of fused-ring (bicyclic) bond motifs is 1. The minimum Gasteiger partial charge on any atom is -0.493 e. The number of aryl methyl sites for hydroxylation is 2. The molecule has 0 aliphatic heterocycles. The van der Waals surface area contributed by atoms with Gasteiger partial charge in [-0.15, -0.1) is 0 Å². The van der Waals surface area contributed by atoms with Gasteiger partial charge in [0.25, 0.3) is 5.91 Å². The number of amides is 1. The van der Waals surface area contributed by atoms with Crippen LogP contribution in [0, 0.1) is 13.8 Å². The molecule has 8 heteroatoms. The first-order valence-electron chi connectivity index (χ1n) is 9.52. The van der Waals surface area contributed by atoms with Gasteiger partial charge in [0.05, 0.1) is 31.5 Å². The van der Waals surface area contributed by atoms with Crippen molar-refractivity contribution in [3.8, 4) is 11.5 Å². The minimum atomic E-state index is -0.437. The SMILES string of the molecule is COC(=O)Cn1c(=NC(=O)/C=C/c2ccc(OC)c(OC)c2)sc2cc(C)c(C)cc21. The van der Waals surface area contributed by atoms with Crippen molar-refractivity contribution in [2.75, 3.05) is 21.3 Å². The quantitative estimate of drug-likeness (QED) is 0.432. The molecule has 0 aliphatic carbocycles. The minimum absolute atomic E-state index is 0.0233. The van der Waals surface area contributed by atoms with E-state index in [1.54, 1.807) is 37.0 Å². The van der Waals surface area contributed by atoms with E-state index in [4.69, 9.17) is 14.2 Å². The van der Waals surface area contributed by atoms with Gasteiger partial charge in [-0.1, -0.05) is 17.4 Å². The van der Waals surface area contributed by atoms with Crippen molar-refractivity contribution in [1.82, 2.24) is 4.57 Å². The van der Waals surface area contributed by atoms with Crippen LogP contribution in [0.4, 0.5) is 0 Å². The van der Waals surface area contributed by atoms with Crippen LogP contribution in [0.1, 0.15) is 16.7 Å². The molecule has 0 N–H and O–H groups in total. The highest BCUT2D eigenvalue weighted by Gasteiger charge is 2.12. The second-order valence-corrected chi connectivity index (χ2v) is 7.86. The fraction of sp³-hybridized carbons (Fsp3) is 0.261. The highest BCUT2D eigenvalue weighted by Crippen LogP contribution is 2.28. The van der Waals surface area contributed by atoms with Gasteiger partial charge in [0.15, 0.2) is 16.3 Å². The molecular weight excluding hydrogens is 416 g/mol. The Morgan fingerprint density at radius 3 is 2.42 bits per heavy atom. The Hall–Kier alpha value is -3.39. The maximum absolute atomic E-state index is 12.5. The zero-order valence-corrected chi connectivity index (χ0v) is 18.9. The van der Waals surface area contributed by atoms with Crippen molar-refractivity contribution in [3.05, 3.63) is 57.9 Å². The van der Waals surface area contributed by atoms with Crippen LogP contribution in [0.5, 0.6) is 11.5 Å². The first-order chi connectivity index (χ1) is 14.9. The van der Waals surface area contributed by atoms with Gasteiger partial charge in [-0.25, -0.2) is 0 Å². The molecule has 1 heterocycles. The molecule has 1 aromatic heterocycles. The molecule has 0 bridgehead atoms. The zero-order chi connectivity index (χ0) is 22.5. The lowest BCUT2D eigenvalue weighted by Gasteiger charge is -2.07. The second-order valence-electron chi connectivity index (χ2n) is 6.85. The summed E-state index contributed by atoms with van der Waals surface area (Å²) in [5.41, 5.74) is 3.83. The average molecular weight is 441 g/mol. The van der Waals surface area contributed by atoms with E-state index in [-0.39, 0.29) is 6.54 Å². The van der Waals surface area contributed by atoms with Gasteiger partial charge < -0.3 is 18.8 Å². The van der Waals surface area contributed by atoms with Crippen LogP contribution in [0.25, 0.3) is 16.3 Å². The Morgan fingerprint density at radius 1 is 1.03 bits per heavy atom. The van der Waals surface area contributed by atoms with Crippen LogP contribution in [0.2, 0.25) is 0 Å². The van der Waals surface area contributed by atoms with Crippen LogP contribution in [-0.2, 0) is 20.9 Å². The van der Waals surface area contributed by atoms with E-state index >= 15 is 0 Å². The van der Waals surface area contributed by atoms with Gasteiger partial charge in [0.2, 0.25) is 0 Å². The van der Waals surface area contributed by atoms with Gasteiger partial charge in [-0.3, -0.25) is 9.59 Å². The molecule has 1 amide bonds. The van der Waals surface area contributed by atoms with Crippen molar-refractivity contribution in [2.45, 2.75) is 20.4 Å². The first kappa shape index (κ1) is 22.3. The molecular formula is C23H24N2O5S. The van der Waals surface area contributed by atoms with E-state index in [0.29, 0.717) is 16.3 Å². The van der Waals surface area contributed by atoms with Crippen LogP contribution < -0.4 is 14.3 Å². The summed E-state index contributed by atoms with van der Waals surface area (Å²) in [6.07, 6.45) is 3.03. The molecule has 2 aromatic carbocycles. The van der Waals surface area contributed by atoms with E-state index in [2.05, 4.69) is 4.99 Å². The van der Waals surface area contributed by atoms with E-state index in [0.717, 1.165) is 26.9 Å². The largest absolute Gasteiger partial charge is 0.493 e. The number of rotatable bonds is 6. The lowest BCUT2D eigenvalue weighted by atomic mass is 10.1. The van der Waals surface area contributed by atoms with Crippen molar-refractivity contribution < 1.29 is 23.8 Å². The van der Waals surface area contributed by atoms with E-state index in [1.807, 2.05) is 32.0 Å². The van der Waals surface area contributed by atoms with Crippen molar-refractivity contribution in [2.24, 2.45) is 4.99 Å². The molecule has 0 fully saturated rings. The standard InChI is InChI=1S/C23H24N2O5S/c1-14-10-17-20(11-15(14)2)31-23(25(17)13-22(27)30-5)24-21(26)9-7-16-6-8-18(28-3)19(12-16)29-4/h6-12H,13H2,1-5H3/b9-7+,24-23?. The molecule has 0 spiro atoms. The van der Waals surface area contributed by atoms with Crippen LogP contribution in [0.3, 0.4) is 0 Å². The monoisotopic (exact) mass is 440 g/mol. The highest BCUT2D eigenvalue weighted by atomic mass is 32.1. The molecule has 0 unspecified atom stereocenters. The number of hydrogen-bond acceptors (Lipinski definition) is 6. The molecule has 3 aromatic rings. The van der Waals surface area contributed by atoms with Gasteiger partial charge in [-0.05, 0) is 60.9 Å². The number of ether oxygens (including phenoxy) is 3. The number of carbonyl (C=O) groups excluding carboxylic acids is 2. The van der Waals surface area contributed by atoms with Crippen molar-refractivity contribution >= 4 is 39.5 Å². The van der Waals surface area contributed by atoms with Crippen LogP contribution in [-0.4, -0.2) is 37.8 Å². The lowest BCUT2D eigenvalue weighted by Crippen LogP contribution is -2.22. The predicted molar refractivity (Wildman–Crippen MR) is 120 cm³/mol. The van der Waals surface area contributed by atoms with E-state index in [9.17, 15) is 9.59 Å². The number of aromatic nitrogens is 1. The fourth-order valence-electron chi connectivity index (χ4n) is 3.01. The second kappa shape index (κ2) is 9.61. The van der Waals surface area contributed by atoms with Gasteiger partial charge in [-0.2, -0.15) is 4.99 Å². The van der Waals surface area contributed by atoms with Gasteiger partial charge in [0, 0.05) is 6.08 Å². The summed E-state index contributed by atoms with van der Waals surface area (Å²) >= 11 is 1.36. The number of hydrogen-bond donors (Lipinski definition) is 0. The first-order valence-corrected chi connectivity index (χ1v) is 10.3. The number of carbonyl (C=O) groups is 2. The van der Waals surface area contributed by atoms with E-state index < -0.39 is 11.9 Å². The third kappa shape index (κ3) is 5.03. The summed E-state index contributed by atoms with van der Waals surface area (Å²) in [6.45, 7) is 4.00. The Kier molecular flexibility index (Phi) is 6.91. The Morgan fingerprint density at radius 2 is 1.74 bits per heavy atom. The molecule has 0 saturated heterocycles. The molecule has 7 nitrogen and oxygen atoms in total. The summed E-state index contributed by atoms with van der Waals surface area (Å²) in [4.78, 5) is 29.1. The van der Waals surface area contributed by atoms with Crippen LogP contribution >= 0.6 is 11.3 Å². The lowest BCUT2D eigenvalue weighted by molar-refractivity contribution is -0.141. The molecule has 0 atom stereocenters. The van der Waals surface area contributed by atoms with Gasteiger partial charge in [0.1, 0.15) is 6.54 Å². The third-order valence-electron chi connectivity index (χ3n) is 4.84. The maximum Gasteiger partial charge on any atom is 0.325 e. The number of thiazole rings is 1. The molecule has 0 saturated carbocycles. The average Bonchev–Trinajstić information content (AvgIpc) is 3.07. The predicted octanol–water partition coefficient (Wildman–Crippen LogP) is 3.65. The Labute approximate surface area is 184 Å². The normalized spacial score (nSPS) is 11.8. The number of nitrogens with zero attached hydrogens (tertiary/aromatic N) is 2. The van der Waals surface area contributed by atoms with Crippen LogP contribution in [0.15, 0.2) is 41.4 Å². The van der Waals surface area contributed by atoms with E-state index in [1.165, 1.54) is 24.5 Å². The summed E-state index contributed by atoms with van der Waals surface area (Å²) in [5, 5.41) is 0. The Bertz CT molecular complexity index is 1240. The smallest absolute Gasteiger partial charge is 0.325 e. The number of methoxy groups -OCH3 is 3. The molecule has 0 radical (unpaired) electrons. The summed E-state index contributed by atoms with van der Waals surface area (Å²) < 4.78 is 18.0. The molecule has 3 rings (SSSR count). The van der Waals surface area contributed by atoms with Crippen molar-refractivity contribution in [3.63, 3.8) is 0 Å². The highest BCUT2D eigenvalue weighted by molar-refractivity contribution is 7.16. The fourth-order valence-corrected chi connectivity index (χ4v) is 4.12. The topological polar surface area (TPSA) is 79.1 Å². The molecule has 0 aliphatic rings. The summed E-state index contributed by atoms with van der Waals surface area (Å²) in [6, 6.07) is 9.37. The van der Waals surface area contributed by atoms with Gasteiger partial charge >= 0.3 is 5.97 Å². The Balaban J connectivity index is 1.99. The van der Waals surface area contributed by atoms with Crippen molar-refractivity contribution in [1.29, 1.82) is 0 Å². The molecule has 31 heavy (non-hydrogen) atoms. The third-order valence-corrected chi connectivity index (χ3v) is 5.89. The summed E-state index contributed by atoms with van der Waals surface area (Å²) in [5.74, 6) is 0.330. The number of benzene rings is 2. The summed E-state index contributed by atoms with van der Waals surface area (Å²) in [7, 11) is 4.45.